The van der Waals surface area contributed by atoms with Gasteiger partial charge < -0.3 is 10.3 Å². The van der Waals surface area contributed by atoms with Gasteiger partial charge in [0, 0.05) is 23.5 Å². The number of hydrogen-bond donors (Lipinski definition) is 1. The molecule has 2 heterocycles. The second kappa shape index (κ2) is 7.25. The number of nitrogens with zero attached hydrogens (tertiary/aromatic N) is 2. The Kier molecular flexibility index (Phi) is 5.04. The van der Waals surface area contributed by atoms with Crippen LogP contribution in [0.15, 0.2) is 34.6 Å². The van der Waals surface area contributed by atoms with E-state index in [9.17, 15) is 9.59 Å². The molecule has 1 amide bonds. The van der Waals surface area contributed by atoms with Crippen molar-refractivity contribution in [1.29, 1.82) is 0 Å². The third-order valence-corrected chi connectivity index (χ3v) is 5.09. The molecule has 26 heavy (non-hydrogen) atoms. The fraction of sp³-hybridized carbons (Fsp3) is 0.250. The Morgan fingerprint density at radius 3 is 2.73 bits per heavy atom. The molecule has 3 rings (SSSR count). The molecule has 0 radical (unpaired) electrons. The maximum atomic E-state index is 12.5. The zero-order chi connectivity index (χ0) is 18.8. The van der Waals surface area contributed by atoms with E-state index < -0.39 is 5.91 Å². The van der Waals surface area contributed by atoms with Gasteiger partial charge in [0.1, 0.15) is 10.6 Å². The van der Waals surface area contributed by atoms with Gasteiger partial charge in [-0.1, -0.05) is 26.0 Å². The van der Waals surface area contributed by atoms with Crippen molar-refractivity contribution < 1.29 is 4.79 Å². The maximum absolute atomic E-state index is 12.5. The van der Waals surface area contributed by atoms with E-state index in [1.54, 1.807) is 17.4 Å². The molecule has 0 bridgehead atoms. The number of carbonyl (C=O) groups excluding carboxylic acids is 1. The van der Waals surface area contributed by atoms with Crippen molar-refractivity contribution in [2.24, 2.45) is 5.73 Å². The lowest BCUT2D eigenvalue weighted by Crippen LogP contribution is -2.24. The summed E-state index contributed by atoms with van der Waals surface area (Å²) >= 11 is 1.61. The summed E-state index contributed by atoms with van der Waals surface area (Å²) in [5, 5.41) is 3.52. The first kappa shape index (κ1) is 18.1. The highest BCUT2D eigenvalue weighted by atomic mass is 32.1. The lowest BCUT2D eigenvalue weighted by Gasteiger charge is -2.11. The van der Waals surface area contributed by atoms with Crippen molar-refractivity contribution in [1.82, 2.24) is 9.55 Å². The number of nitrogens with two attached hydrogens (primary N) is 1. The molecule has 0 aliphatic rings. The molecule has 3 aromatic rings. The Hall–Kier alpha value is -2.73. The summed E-state index contributed by atoms with van der Waals surface area (Å²) in [6.07, 6.45) is 5.50. The minimum Gasteiger partial charge on any atom is -0.365 e. The average Bonchev–Trinajstić information content (AvgIpc) is 3.09. The average molecular weight is 367 g/mol. The van der Waals surface area contributed by atoms with Crippen LogP contribution in [0.2, 0.25) is 0 Å². The molecule has 5 nitrogen and oxygen atoms in total. The van der Waals surface area contributed by atoms with Crippen molar-refractivity contribution in [2.45, 2.75) is 33.2 Å². The number of fused-ring (bicyclic) bond motifs is 1. The Morgan fingerprint density at radius 1 is 1.35 bits per heavy atom. The van der Waals surface area contributed by atoms with Crippen LogP contribution >= 0.6 is 11.3 Å². The Morgan fingerprint density at radius 2 is 2.12 bits per heavy atom. The quantitative estimate of drug-likeness (QED) is 0.743. The van der Waals surface area contributed by atoms with E-state index >= 15 is 0 Å². The summed E-state index contributed by atoms with van der Waals surface area (Å²) in [6, 6.07) is 5.55. The maximum Gasteiger partial charge on any atom is 0.254 e. The summed E-state index contributed by atoms with van der Waals surface area (Å²) in [7, 11) is 0. The van der Waals surface area contributed by atoms with Gasteiger partial charge in [-0.05, 0) is 36.6 Å². The summed E-state index contributed by atoms with van der Waals surface area (Å²) in [5.41, 5.74) is 7.86. The molecule has 0 aliphatic carbocycles. The summed E-state index contributed by atoms with van der Waals surface area (Å²) in [6.45, 7) is 6.83. The van der Waals surface area contributed by atoms with Crippen LogP contribution in [0.5, 0.6) is 0 Å². The molecular weight excluding hydrogens is 346 g/mol. The van der Waals surface area contributed by atoms with Gasteiger partial charge in [0.15, 0.2) is 0 Å². The number of hydrogen-bond acceptors (Lipinski definition) is 4. The lowest BCUT2D eigenvalue weighted by atomic mass is 10.1. The van der Waals surface area contributed by atoms with E-state index in [-0.39, 0.29) is 11.0 Å². The molecule has 0 aliphatic heterocycles. The molecule has 0 atom stereocenters. The molecule has 0 saturated heterocycles. The molecule has 0 saturated carbocycles. The number of amides is 1. The minimum atomic E-state index is -0.701. The highest BCUT2D eigenvalue weighted by molar-refractivity contribution is 7.10. The minimum absolute atomic E-state index is 0.0200. The van der Waals surface area contributed by atoms with Crippen molar-refractivity contribution in [2.75, 3.05) is 0 Å². The van der Waals surface area contributed by atoms with Crippen LogP contribution in [0.25, 0.3) is 23.1 Å². The number of primary amides is 1. The summed E-state index contributed by atoms with van der Waals surface area (Å²) in [4.78, 5) is 28.5. The van der Waals surface area contributed by atoms with E-state index in [4.69, 9.17) is 5.73 Å². The Labute approximate surface area is 155 Å². The van der Waals surface area contributed by atoms with E-state index in [0.29, 0.717) is 17.8 Å². The van der Waals surface area contributed by atoms with Gasteiger partial charge in [-0.25, -0.2) is 4.98 Å². The highest BCUT2D eigenvalue weighted by Crippen LogP contribution is 2.21. The van der Waals surface area contributed by atoms with Crippen LogP contribution in [0.1, 0.15) is 53.3 Å². The lowest BCUT2D eigenvalue weighted by molar-refractivity contribution is 0.0999. The van der Waals surface area contributed by atoms with Crippen LogP contribution < -0.4 is 11.2 Å². The van der Waals surface area contributed by atoms with Gasteiger partial charge in [0.05, 0.1) is 11.2 Å². The fourth-order valence-electron chi connectivity index (χ4n) is 2.76. The second-order valence-corrected chi connectivity index (χ2v) is 7.29. The first-order valence-electron chi connectivity index (χ1n) is 8.51. The van der Waals surface area contributed by atoms with Gasteiger partial charge in [-0.2, -0.15) is 0 Å². The Bertz CT molecular complexity index is 1060. The van der Waals surface area contributed by atoms with Crippen LogP contribution in [-0.2, 0) is 6.54 Å². The highest BCUT2D eigenvalue weighted by Gasteiger charge is 2.12. The largest absolute Gasteiger partial charge is 0.365 e. The zero-order valence-corrected chi connectivity index (χ0v) is 15.8. The number of aromatic nitrogens is 2. The molecule has 2 aromatic heterocycles. The van der Waals surface area contributed by atoms with E-state index in [0.717, 1.165) is 21.8 Å². The second-order valence-electron chi connectivity index (χ2n) is 6.40. The van der Waals surface area contributed by atoms with Gasteiger partial charge in [-0.15, -0.1) is 11.3 Å². The van der Waals surface area contributed by atoms with Gasteiger partial charge >= 0.3 is 0 Å². The molecule has 134 valence electrons. The molecule has 0 fully saturated rings. The fourth-order valence-corrected chi connectivity index (χ4v) is 3.63. The molecule has 2 N–H and O–H groups in total. The molecule has 6 heteroatoms. The van der Waals surface area contributed by atoms with E-state index in [1.807, 2.05) is 35.8 Å². The number of thiazole rings is 1. The third kappa shape index (κ3) is 3.46. The molecule has 0 spiro atoms. The monoisotopic (exact) mass is 367 g/mol. The number of aryl methyl sites for hydroxylation is 1. The van der Waals surface area contributed by atoms with Crippen LogP contribution in [0.3, 0.4) is 0 Å². The molecular formula is C20H21N3O2S. The van der Waals surface area contributed by atoms with E-state index in [1.165, 1.54) is 6.20 Å². The number of rotatable bonds is 5. The predicted octanol–water partition coefficient (Wildman–Crippen LogP) is 3.87. The topological polar surface area (TPSA) is 78.0 Å². The molecule has 1 aromatic carbocycles. The van der Waals surface area contributed by atoms with Crippen LogP contribution in [0.4, 0.5) is 0 Å². The van der Waals surface area contributed by atoms with Crippen molar-refractivity contribution in [3.8, 4) is 0 Å². The van der Waals surface area contributed by atoms with Crippen LogP contribution in [0, 0.1) is 0 Å². The van der Waals surface area contributed by atoms with Crippen molar-refractivity contribution >= 4 is 40.3 Å². The first-order chi connectivity index (χ1) is 12.4. The predicted molar refractivity (Wildman–Crippen MR) is 108 cm³/mol. The normalized spacial score (nSPS) is 11.7. The number of carbonyl (C=O) groups is 1. The molecule has 0 unspecified atom stereocenters. The van der Waals surface area contributed by atoms with Crippen molar-refractivity contribution in [3.63, 3.8) is 0 Å². The number of pyridine rings is 1. The van der Waals surface area contributed by atoms with E-state index in [2.05, 4.69) is 24.2 Å². The standard InChI is InChI=1S/C20H21N3O2S/c1-4-23-10-15(20(21)25)19(24)14-7-5-13(9-17(14)23)6-8-18-22-16(11-26-18)12(2)3/h5-12H,4H2,1-3H3,(H2,21,25)/b8-6+. The Balaban J connectivity index is 2.03. The summed E-state index contributed by atoms with van der Waals surface area (Å²) in [5.74, 6) is -0.291. The van der Waals surface area contributed by atoms with Crippen LogP contribution in [-0.4, -0.2) is 15.5 Å². The third-order valence-electron chi connectivity index (χ3n) is 4.26. The van der Waals surface area contributed by atoms with Gasteiger partial charge in [0.2, 0.25) is 5.43 Å². The van der Waals surface area contributed by atoms with Crippen molar-refractivity contribution in [3.05, 3.63) is 61.8 Å². The SMILES string of the molecule is CCn1cc(C(N)=O)c(=O)c2ccc(/C=C/c3nc(C(C)C)cs3)cc21. The first-order valence-corrected chi connectivity index (χ1v) is 9.39. The summed E-state index contributed by atoms with van der Waals surface area (Å²) < 4.78 is 1.87. The van der Waals surface area contributed by atoms with Gasteiger partial charge in [0.25, 0.3) is 5.91 Å². The number of benzene rings is 1. The smallest absolute Gasteiger partial charge is 0.254 e. The van der Waals surface area contributed by atoms with Gasteiger partial charge in [-0.3, -0.25) is 9.59 Å². The zero-order valence-electron chi connectivity index (χ0n) is 15.0.